The van der Waals surface area contributed by atoms with Gasteiger partial charge in [0.1, 0.15) is 0 Å². The number of hydrogen-bond acceptors (Lipinski definition) is 4. The maximum absolute atomic E-state index is 5.94. The van der Waals surface area contributed by atoms with Crippen molar-refractivity contribution in [1.82, 2.24) is 5.43 Å². The lowest BCUT2D eigenvalue weighted by atomic mass is 10.2. The summed E-state index contributed by atoms with van der Waals surface area (Å²) in [5.41, 5.74) is 2.88. The number of hydrazine groups is 1. The van der Waals surface area contributed by atoms with Gasteiger partial charge in [-0.3, -0.25) is 11.3 Å². The topological polar surface area (TPSA) is 38.0 Å². The Hall–Kier alpha value is -0.0400. The Morgan fingerprint density at radius 2 is 2.11 bits per heavy atom. The zero-order chi connectivity index (χ0) is 13.7. The molecule has 0 saturated heterocycles. The zero-order valence-electron chi connectivity index (χ0n) is 10.1. The molecule has 2 rings (SSSR count). The lowest BCUT2D eigenvalue weighted by Crippen LogP contribution is -2.38. The van der Waals surface area contributed by atoms with Crippen molar-refractivity contribution in [3.8, 4) is 0 Å². The highest BCUT2D eigenvalue weighted by Crippen LogP contribution is 2.28. The first-order valence-corrected chi connectivity index (χ1v) is 8.74. The van der Waals surface area contributed by atoms with Crippen LogP contribution in [-0.4, -0.2) is 11.8 Å². The molecule has 0 saturated carbocycles. The number of halogens is 2. The van der Waals surface area contributed by atoms with Crippen LogP contribution in [0, 0.1) is 0 Å². The van der Waals surface area contributed by atoms with Crippen molar-refractivity contribution in [3.63, 3.8) is 0 Å². The molecule has 2 aromatic rings. The summed E-state index contributed by atoms with van der Waals surface area (Å²) in [5, 5.41) is 0. The molecule has 1 aromatic heterocycles. The van der Waals surface area contributed by atoms with Gasteiger partial charge in [0.05, 0.1) is 4.34 Å². The minimum Gasteiger partial charge on any atom is -0.271 e. The van der Waals surface area contributed by atoms with Gasteiger partial charge < -0.3 is 0 Å². The van der Waals surface area contributed by atoms with Crippen LogP contribution in [0.1, 0.15) is 4.88 Å². The molecule has 1 heterocycles. The predicted molar refractivity (Wildman–Crippen MR) is 89.0 cm³/mol. The van der Waals surface area contributed by atoms with Gasteiger partial charge >= 0.3 is 0 Å². The van der Waals surface area contributed by atoms with Crippen LogP contribution >= 0.6 is 50.6 Å². The van der Waals surface area contributed by atoms with E-state index >= 15 is 0 Å². The number of thioether (sulfide) groups is 1. The second kappa shape index (κ2) is 7.67. The number of nitrogens with two attached hydrogens (primary N) is 1. The van der Waals surface area contributed by atoms with Crippen molar-refractivity contribution in [2.75, 3.05) is 5.75 Å². The third-order valence-electron chi connectivity index (χ3n) is 2.59. The summed E-state index contributed by atoms with van der Waals surface area (Å²) in [7, 11) is 0. The van der Waals surface area contributed by atoms with Gasteiger partial charge in [-0.05, 0) is 46.6 Å². The standard InChI is InChI=1S/C13H14BrClN2S2/c14-11-3-1-2-4-12(11)18-8-9(17-16)7-10-5-6-13(15)19-10/h1-6,9,17H,7-8,16H2. The molecule has 3 N–H and O–H groups in total. The van der Waals surface area contributed by atoms with Gasteiger partial charge in [0.25, 0.3) is 0 Å². The fraction of sp³-hybridized carbons (Fsp3) is 0.231. The number of hydrogen-bond donors (Lipinski definition) is 2. The van der Waals surface area contributed by atoms with Crippen molar-refractivity contribution in [1.29, 1.82) is 0 Å². The number of nitrogens with one attached hydrogen (secondary N) is 1. The monoisotopic (exact) mass is 376 g/mol. The van der Waals surface area contributed by atoms with Crippen molar-refractivity contribution in [2.24, 2.45) is 5.84 Å². The first kappa shape index (κ1) is 15.4. The van der Waals surface area contributed by atoms with Crippen LogP contribution in [-0.2, 0) is 6.42 Å². The third kappa shape index (κ3) is 4.77. The van der Waals surface area contributed by atoms with E-state index in [1.807, 2.05) is 24.3 Å². The summed E-state index contributed by atoms with van der Waals surface area (Å²) in [6.45, 7) is 0. The summed E-state index contributed by atoms with van der Waals surface area (Å²) in [6.07, 6.45) is 0.894. The molecule has 0 fully saturated rings. The Labute approximate surface area is 134 Å². The summed E-state index contributed by atoms with van der Waals surface area (Å²) in [6, 6.07) is 12.4. The molecule has 1 aromatic carbocycles. The second-order valence-electron chi connectivity index (χ2n) is 4.01. The van der Waals surface area contributed by atoms with Gasteiger partial charge in [-0.2, -0.15) is 0 Å². The highest BCUT2D eigenvalue weighted by molar-refractivity contribution is 9.10. The highest BCUT2D eigenvalue weighted by atomic mass is 79.9. The molecule has 0 radical (unpaired) electrons. The van der Waals surface area contributed by atoms with Gasteiger partial charge in [0.2, 0.25) is 0 Å². The van der Waals surface area contributed by atoms with Crippen LogP contribution in [0.4, 0.5) is 0 Å². The number of benzene rings is 1. The van der Waals surface area contributed by atoms with E-state index in [2.05, 4.69) is 33.5 Å². The van der Waals surface area contributed by atoms with E-state index in [0.717, 1.165) is 21.0 Å². The third-order valence-corrected chi connectivity index (χ3v) is 6.03. The summed E-state index contributed by atoms with van der Waals surface area (Å²) < 4.78 is 1.94. The molecule has 6 heteroatoms. The fourth-order valence-electron chi connectivity index (χ4n) is 1.62. The van der Waals surface area contributed by atoms with E-state index in [0.29, 0.717) is 0 Å². The molecule has 0 aliphatic rings. The Kier molecular flexibility index (Phi) is 6.19. The molecular formula is C13H14BrClN2S2. The van der Waals surface area contributed by atoms with Crippen molar-refractivity contribution in [2.45, 2.75) is 17.4 Å². The van der Waals surface area contributed by atoms with E-state index in [1.165, 1.54) is 9.77 Å². The fourth-order valence-corrected chi connectivity index (χ4v) is 4.39. The SMILES string of the molecule is NNC(CSc1ccccc1Br)Cc1ccc(Cl)s1. The normalized spacial score (nSPS) is 12.6. The summed E-state index contributed by atoms with van der Waals surface area (Å²) in [5.74, 6) is 6.54. The average Bonchev–Trinajstić information content (AvgIpc) is 2.81. The van der Waals surface area contributed by atoms with E-state index < -0.39 is 0 Å². The molecule has 0 amide bonds. The van der Waals surface area contributed by atoms with E-state index in [1.54, 1.807) is 23.1 Å². The molecule has 19 heavy (non-hydrogen) atoms. The predicted octanol–water partition coefficient (Wildman–Crippen LogP) is 4.33. The molecule has 2 nitrogen and oxygen atoms in total. The molecule has 102 valence electrons. The Balaban J connectivity index is 1.91. The van der Waals surface area contributed by atoms with Crippen molar-refractivity contribution in [3.05, 3.63) is 50.1 Å². The van der Waals surface area contributed by atoms with Crippen LogP contribution < -0.4 is 11.3 Å². The van der Waals surface area contributed by atoms with Gasteiger partial charge in [-0.25, -0.2) is 0 Å². The van der Waals surface area contributed by atoms with Crippen LogP contribution in [0.25, 0.3) is 0 Å². The lowest BCUT2D eigenvalue weighted by molar-refractivity contribution is 0.579. The van der Waals surface area contributed by atoms with E-state index in [9.17, 15) is 0 Å². The Morgan fingerprint density at radius 1 is 1.32 bits per heavy atom. The van der Waals surface area contributed by atoms with Gasteiger partial charge in [0.15, 0.2) is 0 Å². The zero-order valence-corrected chi connectivity index (χ0v) is 14.1. The maximum atomic E-state index is 5.94. The Morgan fingerprint density at radius 3 is 2.74 bits per heavy atom. The minimum absolute atomic E-state index is 0.229. The molecule has 1 unspecified atom stereocenters. The van der Waals surface area contributed by atoms with Gasteiger partial charge in [-0.1, -0.05) is 23.7 Å². The van der Waals surface area contributed by atoms with Crippen LogP contribution in [0.5, 0.6) is 0 Å². The average molecular weight is 378 g/mol. The molecule has 0 aliphatic carbocycles. The number of rotatable bonds is 6. The van der Waals surface area contributed by atoms with Gasteiger partial charge in [0, 0.05) is 26.0 Å². The molecule has 0 spiro atoms. The first-order chi connectivity index (χ1) is 9.19. The molecule has 0 aliphatic heterocycles. The second-order valence-corrected chi connectivity index (χ2v) is 7.73. The minimum atomic E-state index is 0.229. The van der Waals surface area contributed by atoms with Crippen LogP contribution in [0.3, 0.4) is 0 Å². The van der Waals surface area contributed by atoms with Gasteiger partial charge in [-0.15, -0.1) is 23.1 Å². The quantitative estimate of drug-likeness (QED) is 0.447. The lowest BCUT2D eigenvalue weighted by Gasteiger charge is -2.15. The molecule has 0 bridgehead atoms. The summed E-state index contributed by atoms with van der Waals surface area (Å²) in [4.78, 5) is 2.48. The summed E-state index contributed by atoms with van der Waals surface area (Å²) >= 11 is 12.9. The highest BCUT2D eigenvalue weighted by Gasteiger charge is 2.11. The Bertz CT molecular complexity index is 533. The molecular weight excluding hydrogens is 364 g/mol. The number of thiophene rings is 1. The van der Waals surface area contributed by atoms with Crippen molar-refractivity contribution < 1.29 is 0 Å². The largest absolute Gasteiger partial charge is 0.271 e. The van der Waals surface area contributed by atoms with Crippen LogP contribution in [0.15, 0.2) is 45.8 Å². The van der Waals surface area contributed by atoms with E-state index in [4.69, 9.17) is 17.4 Å². The molecule has 1 atom stereocenters. The maximum Gasteiger partial charge on any atom is 0.0931 e. The smallest absolute Gasteiger partial charge is 0.0931 e. The van der Waals surface area contributed by atoms with Crippen LogP contribution in [0.2, 0.25) is 4.34 Å². The first-order valence-electron chi connectivity index (χ1n) is 5.76. The van der Waals surface area contributed by atoms with E-state index in [-0.39, 0.29) is 6.04 Å². The van der Waals surface area contributed by atoms with Crippen molar-refractivity contribution >= 4 is 50.6 Å².